The SMILES string of the molecule is COC(=O)c1cccc([N+](=O)[O-])c1CBr.Nc1cccc2c1CN(C1CCC(=O)NC1=O)C2=O.O=C(O)c1ccccc1C(=O)O. The summed E-state index contributed by atoms with van der Waals surface area (Å²) >= 11 is 3.11. The van der Waals surface area contributed by atoms with Crippen molar-refractivity contribution in [2.75, 3.05) is 12.8 Å². The number of anilines is 1. The Kier molecular flexibility index (Phi) is 11.7. The number of rotatable bonds is 6. The number of benzene rings is 3. The summed E-state index contributed by atoms with van der Waals surface area (Å²) in [6, 6.07) is 14.4. The van der Waals surface area contributed by atoms with Crippen molar-refractivity contribution in [1.29, 1.82) is 0 Å². The third-order valence-corrected chi connectivity index (χ3v) is 7.45. The number of amides is 3. The maximum atomic E-state index is 12.3. The first-order valence-corrected chi connectivity index (χ1v) is 14.4. The molecule has 0 radical (unpaired) electrons. The quantitative estimate of drug-likeness (QED) is 0.0724. The van der Waals surface area contributed by atoms with Gasteiger partial charge in [0.2, 0.25) is 11.8 Å². The molecule has 0 aromatic heterocycles. The van der Waals surface area contributed by atoms with Crippen LogP contribution in [-0.4, -0.2) is 68.8 Å². The summed E-state index contributed by atoms with van der Waals surface area (Å²) in [4.78, 5) is 79.1. The monoisotopic (exact) mass is 698 g/mol. The molecule has 3 aromatic carbocycles. The number of nitrogen functional groups attached to an aromatic ring is 1. The molecule has 0 spiro atoms. The van der Waals surface area contributed by atoms with Gasteiger partial charge in [-0.05, 0) is 36.8 Å². The molecule has 5 rings (SSSR count). The molecule has 0 bridgehead atoms. The van der Waals surface area contributed by atoms with Crippen LogP contribution in [0, 0.1) is 10.1 Å². The molecule has 3 amide bonds. The molecule has 1 unspecified atom stereocenters. The van der Waals surface area contributed by atoms with Crippen LogP contribution < -0.4 is 11.1 Å². The molecular formula is C30H27BrN4O11. The van der Waals surface area contributed by atoms with Crippen LogP contribution in [0.25, 0.3) is 0 Å². The number of halogens is 1. The van der Waals surface area contributed by atoms with Crippen LogP contribution in [-0.2, 0) is 26.2 Å². The number of hydrogen-bond donors (Lipinski definition) is 4. The van der Waals surface area contributed by atoms with E-state index in [-0.39, 0.29) is 45.9 Å². The van der Waals surface area contributed by atoms with Crippen molar-refractivity contribution in [3.8, 4) is 0 Å². The summed E-state index contributed by atoms with van der Waals surface area (Å²) in [7, 11) is 1.24. The molecule has 0 aliphatic carbocycles. The van der Waals surface area contributed by atoms with Crippen LogP contribution in [0.15, 0.2) is 60.7 Å². The van der Waals surface area contributed by atoms with Crippen LogP contribution in [0.2, 0.25) is 0 Å². The van der Waals surface area contributed by atoms with Crippen molar-refractivity contribution >= 4 is 62.9 Å². The van der Waals surface area contributed by atoms with E-state index >= 15 is 0 Å². The highest BCUT2D eigenvalue weighted by atomic mass is 79.9. The van der Waals surface area contributed by atoms with Crippen LogP contribution in [0.5, 0.6) is 0 Å². The Labute approximate surface area is 269 Å². The lowest BCUT2D eigenvalue weighted by Crippen LogP contribution is -2.52. The molecule has 2 aliphatic heterocycles. The van der Waals surface area contributed by atoms with Gasteiger partial charge in [0.15, 0.2) is 0 Å². The van der Waals surface area contributed by atoms with Crippen LogP contribution in [0.3, 0.4) is 0 Å². The second kappa shape index (κ2) is 15.4. The zero-order valence-electron chi connectivity index (χ0n) is 24.1. The summed E-state index contributed by atoms with van der Waals surface area (Å²) in [6.45, 7) is 0.327. The van der Waals surface area contributed by atoms with E-state index in [1.807, 2.05) is 0 Å². The molecule has 3 aromatic rings. The van der Waals surface area contributed by atoms with Gasteiger partial charge in [0.25, 0.3) is 11.6 Å². The van der Waals surface area contributed by atoms with Crippen molar-refractivity contribution in [1.82, 2.24) is 10.2 Å². The Morgan fingerprint density at radius 2 is 1.59 bits per heavy atom. The average Bonchev–Trinajstić information content (AvgIpc) is 3.37. The molecule has 1 fully saturated rings. The number of aromatic carboxylic acids is 2. The van der Waals surface area contributed by atoms with E-state index in [1.54, 1.807) is 18.2 Å². The minimum Gasteiger partial charge on any atom is -0.478 e. The summed E-state index contributed by atoms with van der Waals surface area (Å²) in [5.41, 5.74) is 7.78. The predicted molar refractivity (Wildman–Crippen MR) is 164 cm³/mol. The Balaban J connectivity index is 0.000000194. The number of alkyl halides is 1. The fraction of sp³-hybridized carbons (Fsp3) is 0.200. The second-order valence-electron chi connectivity index (χ2n) is 9.61. The van der Waals surface area contributed by atoms with E-state index in [2.05, 4.69) is 26.0 Å². The van der Waals surface area contributed by atoms with Gasteiger partial charge in [-0.15, -0.1) is 0 Å². The summed E-state index contributed by atoms with van der Waals surface area (Å²) in [5, 5.41) is 30.3. The molecule has 1 saturated heterocycles. The number of nitro groups is 1. The van der Waals surface area contributed by atoms with Gasteiger partial charge in [0.05, 0.1) is 34.3 Å². The number of carboxylic acids is 2. The van der Waals surface area contributed by atoms with E-state index in [0.29, 0.717) is 29.8 Å². The average molecular weight is 699 g/mol. The highest BCUT2D eigenvalue weighted by molar-refractivity contribution is 9.08. The standard InChI is InChI=1S/C13H13N3O3.C9H8BrNO4.C8H6O4/c14-9-3-1-2-7-8(9)6-16(13(7)19)10-4-5-11(17)15-12(10)18;1-15-9(12)6-3-2-4-8(11(13)14)7(6)5-10;9-7(10)5-3-1-2-4-6(5)8(11)12/h1-3,10H,4-6,14H2,(H,15,17,18);2-4H,5H2,1H3;1-4H,(H,9,10)(H,11,12). The third kappa shape index (κ3) is 7.89. The smallest absolute Gasteiger partial charge is 0.338 e. The number of carbonyl (C=O) groups excluding carboxylic acids is 4. The fourth-order valence-corrected chi connectivity index (χ4v) is 5.24. The van der Waals surface area contributed by atoms with Crippen molar-refractivity contribution in [2.45, 2.75) is 30.8 Å². The van der Waals surface area contributed by atoms with Gasteiger partial charge in [-0.1, -0.05) is 40.2 Å². The van der Waals surface area contributed by atoms with Gasteiger partial charge in [0.1, 0.15) is 6.04 Å². The Morgan fingerprint density at radius 3 is 2.09 bits per heavy atom. The lowest BCUT2D eigenvalue weighted by molar-refractivity contribution is -0.385. The fourth-order valence-electron chi connectivity index (χ4n) is 4.65. The Bertz CT molecular complexity index is 1690. The van der Waals surface area contributed by atoms with Gasteiger partial charge in [0, 0.05) is 41.2 Å². The van der Waals surface area contributed by atoms with Crippen LogP contribution in [0.4, 0.5) is 11.4 Å². The van der Waals surface area contributed by atoms with Gasteiger partial charge in [-0.2, -0.15) is 0 Å². The topological polar surface area (TPSA) is 237 Å². The second-order valence-corrected chi connectivity index (χ2v) is 10.2. The van der Waals surface area contributed by atoms with E-state index in [9.17, 15) is 38.9 Å². The normalized spacial score (nSPS) is 14.9. The molecule has 5 N–H and O–H groups in total. The number of nitrogens with one attached hydrogen (secondary N) is 1. The van der Waals surface area contributed by atoms with E-state index < -0.39 is 34.8 Å². The minimum atomic E-state index is -1.23. The molecule has 240 valence electrons. The van der Waals surface area contributed by atoms with Crippen molar-refractivity contribution in [3.63, 3.8) is 0 Å². The number of piperidine rings is 1. The predicted octanol–water partition coefficient (Wildman–Crippen LogP) is 3.39. The first-order chi connectivity index (χ1) is 21.8. The van der Waals surface area contributed by atoms with Crippen LogP contribution >= 0.6 is 15.9 Å². The molecule has 46 heavy (non-hydrogen) atoms. The maximum Gasteiger partial charge on any atom is 0.338 e. The van der Waals surface area contributed by atoms with Gasteiger partial charge >= 0.3 is 17.9 Å². The summed E-state index contributed by atoms with van der Waals surface area (Å²) in [6.07, 6.45) is 0.621. The number of nitrogens with zero attached hydrogens (tertiary/aromatic N) is 2. The van der Waals surface area contributed by atoms with Crippen molar-refractivity contribution in [3.05, 3.63) is 104 Å². The number of ether oxygens (including phenoxy) is 1. The Hall–Kier alpha value is -5.64. The molecule has 1 atom stereocenters. The molecular weight excluding hydrogens is 672 g/mol. The number of hydrogen-bond acceptors (Lipinski definition) is 10. The largest absolute Gasteiger partial charge is 0.478 e. The van der Waals surface area contributed by atoms with Crippen molar-refractivity contribution < 1.29 is 48.6 Å². The maximum absolute atomic E-state index is 12.3. The first-order valence-electron chi connectivity index (χ1n) is 13.3. The van der Waals surface area contributed by atoms with E-state index in [1.165, 1.54) is 54.5 Å². The molecule has 2 heterocycles. The zero-order valence-corrected chi connectivity index (χ0v) is 25.7. The number of carboxylic acid groups (broad SMARTS) is 2. The molecule has 2 aliphatic rings. The number of fused-ring (bicyclic) bond motifs is 1. The molecule has 16 heteroatoms. The van der Waals surface area contributed by atoms with E-state index in [0.717, 1.165) is 5.56 Å². The lowest BCUT2D eigenvalue weighted by Gasteiger charge is -2.29. The van der Waals surface area contributed by atoms with Crippen molar-refractivity contribution in [2.24, 2.45) is 0 Å². The summed E-state index contributed by atoms with van der Waals surface area (Å²) in [5.74, 6) is -3.92. The number of nitrogens with two attached hydrogens (primary N) is 1. The number of imide groups is 1. The zero-order chi connectivity index (χ0) is 34.1. The first kappa shape index (κ1) is 34.8. The Morgan fingerprint density at radius 1 is 1.00 bits per heavy atom. The van der Waals surface area contributed by atoms with E-state index in [4.69, 9.17) is 15.9 Å². The van der Waals surface area contributed by atoms with Gasteiger partial charge in [-0.25, -0.2) is 14.4 Å². The number of esters is 1. The third-order valence-electron chi connectivity index (χ3n) is 6.89. The highest BCUT2D eigenvalue weighted by Crippen LogP contribution is 2.30. The highest BCUT2D eigenvalue weighted by Gasteiger charge is 2.39. The van der Waals surface area contributed by atoms with Gasteiger partial charge < -0.3 is 25.6 Å². The van der Waals surface area contributed by atoms with Crippen LogP contribution in [0.1, 0.15) is 65.4 Å². The molecule has 0 saturated carbocycles. The van der Waals surface area contributed by atoms with Gasteiger partial charge in [-0.3, -0.25) is 29.8 Å². The number of carbonyl (C=O) groups is 6. The molecule has 15 nitrogen and oxygen atoms in total. The lowest BCUT2D eigenvalue weighted by atomic mass is 10.0. The summed E-state index contributed by atoms with van der Waals surface area (Å²) < 4.78 is 4.53. The minimum absolute atomic E-state index is 0.0882. The number of nitro benzene ring substituents is 1. The number of methoxy groups -OCH3 is 1.